The van der Waals surface area contributed by atoms with Gasteiger partial charge in [0.15, 0.2) is 0 Å². The van der Waals surface area contributed by atoms with E-state index in [1.54, 1.807) is 18.4 Å². The molecule has 0 aliphatic carbocycles. The zero-order chi connectivity index (χ0) is 17.5. The van der Waals surface area contributed by atoms with Crippen LogP contribution in [0.4, 0.5) is 0 Å². The Morgan fingerprint density at radius 2 is 2.04 bits per heavy atom. The topological polar surface area (TPSA) is 95.5 Å². The van der Waals surface area contributed by atoms with Crippen LogP contribution >= 0.6 is 11.3 Å². The minimum absolute atomic E-state index is 0.000781. The lowest BCUT2D eigenvalue weighted by Gasteiger charge is -2.33. The number of thiophene rings is 1. The highest BCUT2D eigenvalue weighted by Crippen LogP contribution is 2.21. The molecule has 1 aromatic heterocycles. The van der Waals surface area contributed by atoms with Gasteiger partial charge >= 0.3 is 5.97 Å². The van der Waals surface area contributed by atoms with Gasteiger partial charge in [0.25, 0.3) is 5.91 Å². The number of carbonyl (C=O) groups excluding carboxylic acids is 2. The Balaban J connectivity index is 2.35. The van der Waals surface area contributed by atoms with E-state index in [9.17, 15) is 14.4 Å². The smallest absolute Gasteiger partial charge is 0.305 e. The van der Waals surface area contributed by atoms with Gasteiger partial charge in [-0.3, -0.25) is 14.4 Å². The lowest BCUT2D eigenvalue weighted by Crippen LogP contribution is -2.51. The molecule has 7 heteroatoms. The van der Waals surface area contributed by atoms with E-state index in [-0.39, 0.29) is 30.6 Å². The average molecular weight is 340 g/mol. The molecule has 1 atom stereocenters. The minimum Gasteiger partial charge on any atom is -0.481 e. The summed E-state index contributed by atoms with van der Waals surface area (Å²) in [7, 11) is 0. The molecule has 0 spiro atoms. The lowest BCUT2D eigenvalue weighted by molar-refractivity contribution is -0.139. The largest absolute Gasteiger partial charge is 0.481 e. The quantitative estimate of drug-likeness (QED) is 0.601. The van der Waals surface area contributed by atoms with Gasteiger partial charge in [0.1, 0.15) is 0 Å². The van der Waals surface area contributed by atoms with E-state index in [0.717, 1.165) is 0 Å². The number of carboxylic acids is 1. The first-order valence-corrected chi connectivity index (χ1v) is 8.52. The Hall–Kier alpha value is -1.89. The highest BCUT2D eigenvalue weighted by molar-refractivity contribution is 7.08. The van der Waals surface area contributed by atoms with Crippen LogP contribution in [0.1, 0.15) is 50.4 Å². The van der Waals surface area contributed by atoms with Gasteiger partial charge in [-0.2, -0.15) is 11.3 Å². The Kier molecular flexibility index (Phi) is 7.22. The molecule has 0 fully saturated rings. The van der Waals surface area contributed by atoms with Crippen LogP contribution in [0.3, 0.4) is 0 Å². The van der Waals surface area contributed by atoms with Crippen LogP contribution in [0.15, 0.2) is 16.8 Å². The number of nitrogens with one attached hydrogen (secondary N) is 2. The van der Waals surface area contributed by atoms with Crippen molar-refractivity contribution in [2.24, 2.45) is 5.92 Å². The minimum atomic E-state index is -0.940. The Morgan fingerprint density at radius 1 is 1.35 bits per heavy atom. The zero-order valence-corrected chi connectivity index (χ0v) is 14.5. The predicted molar refractivity (Wildman–Crippen MR) is 89.5 cm³/mol. The summed E-state index contributed by atoms with van der Waals surface area (Å²) in [5, 5.41) is 18.1. The molecule has 23 heavy (non-hydrogen) atoms. The number of aliphatic carboxylic acids is 1. The second-order valence-electron chi connectivity index (χ2n) is 6.06. The Bertz CT molecular complexity index is 542. The molecule has 1 unspecified atom stereocenters. The van der Waals surface area contributed by atoms with Crippen LogP contribution in [-0.2, 0) is 9.59 Å². The van der Waals surface area contributed by atoms with Gasteiger partial charge in [-0.05, 0) is 30.7 Å². The highest BCUT2D eigenvalue weighted by Gasteiger charge is 2.32. The van der Waals surface area contributed by atoms with Crippen molar-refractivity contribution in [2.45, 2.75) is 45.6 Å². The first kappa shape index (κ1) is 19.2. The Labute approximate surface area is 140 Å². The van der Waals surface area contributed by atoms with Crippen molar-refractivity contribution in [1.29, 1.82) is 0 Å². The number of amides is 2. The molecular formula is C16H24N2O4S. The van der Waals surface area contributed by atoms with E-state index >= 15 is 0 Å². The first-order valence-electron chi connectivity index (χ1n) is 7.58. The lowest BCUT2D eigenvalue weighted by atomic mass is 9.85. The molecule has 1 heterocycles. The van der Waals surface area contributed by atoms with Crippen LogP contribution in [0.5, 0.6) is 0 Å². The van der Waals surface area contributed by atoms with Crippen molar-refractivity contribution in [3.05, 3.63) is 22.4 Å². The second kappa shape index (κ2) is 8.67. The first-order chi connectivity index (χ1) is 10.7. The fourth-order valence-corrected chi connectivity index (χ4v) is 2.67. The number of hydrogen-bond acceptors (Lipinski definition) is 4. The van der Waals surface area contributed by atoms with Crippen molar-refractivity contribution in [3.8, 4) is 0 Å². The average Bonchev–Trinajstić information content (AvgIpc) is 2.96. The molecule has 2 amide bonds. The third-order valence-electron chi connectivity index (χ3n) is 3.87. The number of carbonyl (C=O) groups is 3. The monoisotopic (exact) mass is 340 g/mol. The molecule has 0 aliphatic heterocycles. The molecule has 0 aromatic carbocycles. The molecular weight excluding hydrogens is 316 g/mol. The molecule has 3 N–H and O–H groups in total. The van der Waals surface area contributed by atoms with Crippen molar-refractivity contribution >= 4 is 29.1 Å². The molecule has 0 saturated carbocycles. The van der Waals surface area contributed by atoms with E-state index in [1.807, 2.05) is 19.2 Å². The van der Waals surface area contributed by atoms with Crippen molar-refractivity contribution in [1.82, 2.24) is 10.6 Å². The predicted octanol–water partition coefficient (Wildman–Crippen LogP) is 2.26. The molecule has 6 nitrogen and oxygen atoms in total. The van der Waals surface area contributed by atoms with Crippen LogP contribution in [0.25, 0.3) is 0 Å². The van der Waals surface area contributed by atoms with Gasteiger partial charge in [0.2, 0.25) is 5.91 Å². The van der Waals surface area contributed by atoms with E-state index in [0.29, 0.717) is 18.5 Å². The fourth-order valence-electron chi connectivity index (χ4n) is 2.03. The SMILES string of the molecule is CC(C)C(C)(CC(=O)O)NC(=O)CCCNC(=O)c1ccsc1. The summed E-state index contributed by atoms with van der Waals surface area (Å²) >= 11 is 1.45. The maximum atomic E-state index is 12.0. The molecule has 1 aromatic rings. The Morgan fingerprint density at radius 3 is 2.57 bits per heavy atom. The van der Waals surface area contributed by atoms with Gasteiger partial charge in [-0.15, -0.1) is 0 Å². The van der Waals surface area contributed by atoms with Gasteiger partial charge in [0.05, 0.1) is 6.42 Å². The van der Waals surface area contributed by atoms with Crippen LogP contribution < -0.4 is 10.6 Å². The maximum Gasteiger partial charge on any atom is 0.305 e. The summed E-state index contributed by atoms with van der Waals surface area (Å²) in [5.41, 5.74) is -0.156. The third-order valence-corrected chi connectivity index (χ3v) is 4.55. The molecule has 0 bridgehead atoms. The van der Waals surface area contributed by atoms with E-state index in [2.05, 4.69) is 10.6 Å². The van der Waals surface area contributed by atoms with E-state index in [4.69, 9.17) is 5.11 Å². The normalized spacial score (nSPS) is 13.4. The molecule has 1 rings (SSSR count). The van der Waals surface area contributed by atoms with Gasteiger partial charge in [-0.25, -0.2) is 0 Å². The van der Waals surface area contributed by atoms with E-state index < -0.39 is 11.5 Å². The zero-order valence-electron chi connectivity index (χ0n) is 13.7. The summed E-state index contributed by atoms with van der Waals surface area (Å²) in [6.45, 7) is 5.90. The summed E-state index contributed by atoms with van der Waals surface area (Å²) in [6, 6.07) is 1.74. The van der Waals surface area contributed by atoms with Gasteiger partial charge in [0, 0.05) is 29.4 Å². The van der Waals surface area contributed by atoms with Crippen LogP contribution in [-0.4, -0.2) is 35.0 Å². The summed E-state index contributed by atoms with van der Waals surface area (Å²) < 4.78 is 0. The summed E-state index contributed by atoms with van der Waals surface area (Å²) in [4.78, 5) is 34.7. The summed E-state index contributed by atoms with van der Waals surface area (Å²) in [6.07, 6.45) is 0.625. The molecule has 128 valence electrons. The fraction of sp³-hybridized carbons (Fsp3) is 0.562. The summed E-state index contributed by atoms with van der Waals surface area (Å²) in [5.74, 6) is -1.29. The number of carboxylic acid groups (broad SMARTS) is 1. The number of rotatable bonds is 9. The van der Waals surface area contributed by atoms with Crippen molar-refractivity contribution in [2.75, 3.05) is 6.54 Å². The number of hydrogen-bond donors (Lipinski definition) is 3. The van der Waals surface area contributed by atoms with Gasteiger partial charge < -0.3 is 15.7 Å². The van der Waals surface area contributed by atoms with Gasteiger partial charge in [-0.1, -0.05) is 13.8 Å². The molecule has 0 radical (unpaired) electrons. The van der Waals surface area contributed by atoms with Crippen molar-refractivity contribution in [3.63, 3.8) is 0 Å². The second-order valence-corrected chi connectivity index (χ2v) is 6.84. The standard InChI is InChI=1S/C16H24N2O4S/c1-11(2)16(3,9-14(20)21)18-13(19)5-4-7-17-15(22)12-6-8-23-10-12/h6,8,10-11H,4-5,7,9H2,1-3H3,(H,17,22)(H,18,19)(H,20,21). The van der Waals surface area contributed by atoms with E-state index in [1.165, 1.54) is 11.3 Å². The molecule has 0 saturated heterocycles. The van der Waals surface area contributed by atoms with Crippen LogP contribution in [0.2, 0.25) is 0 Å². The molecule has 0 aliphatic rings. The van der Waals surface area contributed by atoms with Crippen molar-refractivity contribution < 1.29 is 19.5 Å². The van der Waals surface area contributed by atoms with Crippen LogP contribution in [0, 0.1) is 5.92 Å². The third kappa shape index (κ3) is 6.40. The maximum absolute atomic E-state index is 12.0. The highest BCUT2D eigenvalue weighted by atomic mass is 32.1.